The standard InChI is InChI=1S/C16H20N2O/c1-3-13(10-17)11-18(2)9-8-14-12-19-16-7-5-4-6-15(14)16/h4-7,12-13H,3,8-9,11H2,1-2H3. The molecular weight excluding hydrogens is 236 g/mol. The fourth-order valence-corrected chi connectivity index (χ4v) is 2.27. The molecule has 100 valence electrons. The first-order chi connectivity index (χ1) is 9.24. The van der Waals surface area contributed by atoms with Crippen LogP contribution in [-0.4, -0.2) is 25.0 Å². The van der Waals surface area contributed by atoms with Crippen LogP contribution in [0, 0.1) is 17.2 Å². The maximum atomic E-state index is 8.98. The molecule has 0 amide bonds. The number of fused-ring (bicyclic) bond motifs is 1. The van der Waals surface area contributed by atoms with Crippen molar-refractivity contribution in [3.63, 3.8) is 0 Å². The lowest BCUT2D eigenvalue weighted by atomic mass is 10.1. The first-order valence-electron chi connectivity index (χ1n) is 6.77. The minimum absolute atomic E-state index is 0.131. The Morgan fingerprint density at radius 1 is 1.37 bits per heavy atom. The van der Waals surface area contributed by atoms with Gasteiger partial charge in [-0.3, -0.25) is 0 Å². The molecule has 0 aliphatic heterocycles. The zero-order chi connectivity index (χ0) is 13.7. The van der Waals surface area contributed by atoms with Gasteiger partial charge in [-0.25, -0.2) is 0 Å². The van der Waals surface area contributed by atoms with E-state index in [4.69, 9.17) is 9.68 Å². The average molecular weight is 256 g/mol. The van der Waals surface area contributed by atoms with Crippen molar-refractivity contribution in [3.05, 3.63) is 36.1 Å². The summed E-state index contributed by atoms with van der Waals surface area (Å²) in [4.78, 5) is 2.22. The van der Waals surface area contributed by atoms with Crippen LogP contribution in [0.5, 0.6) is 0 Å². The van der Waals surface area contributed by atoms with Gasteiger partial charge >= 0.3 is 0 Å². The van der Waals surface area contributed by atoms with Crippen molar-refractivity contribution in [1.82, 2.24) is 4.90 Å². The van der Waals surface area contributed by atoms with Crippen LogP contribution in [-0.2, 0) is 6.42 Å². The van der Waals surface area contributed by atoms with E-state index in [9.17, 15) is 0 Å². The minimum Gasteiger partial charge on any atom is -0.464 e. The highest BCUT2D eigenvalue weighted by molar-refractivity contribution is 5.80. The number of nitriles is 1. The molecule has 1 atom stereocenters. The summed E-state index contributed by atoms with van der Waals surface area (Å²) in [5, 5.41) is 10.2. The van der Waals surface area contributed by atoms with Gasteiger partial charge in [-0.2, -0.15) is 5.26 Å². The Hall–Kier alpha value is -1.79. The molecule has 1 heterocycles. The molecular formula is C16H20N2O. The third kappa shape index (κ3) is 3.36. The van der Waals surface area contributed by atoms with Gasteiger partial charge in [0.2, 0.25) is 0 Å². The predicted octanol–water partition coefficient (Wildman–Crippen LogP) is 3.46. The molecule has 2 aromatic rings. The second-order valence-corrected chi connectivity index (χ2v) is 5.00. The number of furan rings is 1. The van der Waals surface area contributed by atoms with E-state index >= 15 is 0 Å². The Labute approximate surface area is 114 Å². The third-order valence-electron chi connectivity index (χ3n) is 3.53. The van der Waals surface area contributed by atoms with Crippen molar-refractivity contribution >= 4 is 11.0 Å². The smallest absolute Gasteiger partial charge is 0.134 e. The van der Waals surface area contributed by atoms with Gasteiger partial charge in [-0.05, 0) is 31.5 Å². The molecule has 19 heavy (non-hydrogen) atoms. The number of nitrogens with zero attached hydrogens (tertiary/aromatic N) is 2. The van der Waals surface area contributed by atoms with Crippen molar-refractivity contribution in [2.45, 2.75) is 19.8 Å². The molecule has 3 nitrogen and oxygen atoms in total. The van der Waals surface area contributed by atoms with E-state index in [2.05, 4.69) is 31.0 Å². The van der Waals surface area contributed by atoms with Crippen LogP contribution in [0.2, 0.25) is 0 Å². The lowest BCUT2D eigenvalue weighted by Crippen LogP contribution is -2.26. The van der Waals surface area contributed by atoms with Gasteiger partial charge in [0.1, 0.15) is 5.58 Å². The average Bonchev–Trinajstić information content (AvgIpc) is 2.86. The van der Waals surface area contributed by atoms with Gasteiger partial charge in [0.15, 0.2) is 0 Å². The number of para-hydroxylation sites is 1. The second-order valence-electron chi connectivity index (χ2n) is 5.00. The predicted molar refractivity (Wildman–Crippen MR) is 76.8 cm³/mol. The van der Waals surface area contributed by atoms with Crippen molar-refractivity contribution in [1.29, 1.82) is 5.26 Å². The second kappa shape index (κ2) is 6.40. The SMILES string of the molecule is CCC(C#N)CN(C)CCc1coc2ccccc12. The quantitative estimate of drug-likeness (QED) is 0.794. The highest BCUT2D eigenvalue weighted by atomic mass is 16.3. The van der Waals surface area contributed by atoms with Crippen molar-refractivity contribution < 1.29 is 4.42 Å². The molecule has 0 bridgehead atoms. The highest BCUT2D eigenvalue weighted by Gasteiger charge is 2.10. The Balaban J connectivity index is 1.94. The van der Waals surface area contributed by atoms with Gasteiger partial charge in [0, 0.05) is 18.5 Å². The van der Waals surface area contributed by atoms with E-state index in [0.29, 0.717) is 0 Å². The van der Waals surface area contributed by atoms with Gasteiger partial charge in [0.25, 0.3) is 0 Å². The summed E-state index contributed by atoms with van der Waals surface area (Å²) in [6.45, 7) is 3.84. The lowest BCUT2D eigenvalue weighted by Gasteiger charge is -2.18. The van der Waals surface area contributed by atoms with E-state index in [-0.39, 0.29) is 5.92 Å². The van der Waals surface area contributed by atoms with E-state index < -0.39 is 0 Å². The van der Waals surface area contributed by atoms with Crippen LogP contribution in [0.4, 0.5) is 0 Å². The number of hydrogen-bond acceptors (Lipinski definition) is 3. The van der Waals surface area contributed by atoms with Gasteiger partial charge in [-0.15, -0.1) is 0 Å². The summed E-state index contributed by atoms with van der Waals surface area (Å²) in [5.74, 6) is 0.131. The summed E-state index contributed by atoms with van der Waals surface area (Å²) in [6.07, 6.45) is 3.71. The monoisotopic (exact) mass is 256 g/mol. The van der Waals surface area contributed by atoms with Crippen LogP contribution < -0.4 is 0 Å². The Morgan fingerprint density at radius 2 is 2.16 bits per heavy atom. The minimum atomic E-state index is 0.131. The molecule has 0 aliphatic carbocycles. The molecule has 1 aromatic carbocycles. The fraction of sp³-hybridized carbons (Fsp3) is 0.438. The van der Waals surface area contributed by atoms with Crippen LogP contribution in [0.1, 0.15) is 18.9 Å². The van der Waals surface area contributed by atoms with Crippen molar-refractivity contribution in [2.24, 2.45) is 5.92 Å². The third-order valence-corrected chi connectivity index (χ3v) is 3.53. The fourth-order valence-electron chi connectivity index (χ4n) is 2.27. The molecule has 1 aromatic heterocycles. The van der Waals surface area contributed by atoms with Gasteiger partial charge in [0.05, 0.1) is 18.3 Å². The molecule has 2 rings (SSSR count). The van der Waals surface area contributed by atoms with E-state index in [0.717, 1.165) is 31.5 Å². The lowest BCUT2D eigenvalue weighted by molar-refractivity contribution is 0.303. The summed E-state index contributed by atoms with van der Waals surface area (Å²) in [7, 11) is 2.07. The van der Waals surface area contributed by atoms with Crippen molar-refractivity contribution in [2.75, 3.05) is 20.1 Å². The zero-order valence-electron chi connectivity index (χ0n) is 11.6. The maximum Gasteiger partial charge on any atom is 0.134 e. The molecule has 0 saturated heterocycles. The van der Waals surface area contributed by atoms with Crippen LogP contribution in [0.3, 0.4) is 0 Å². The van der Waals surface area contributed by atoms with Crippen LogP contribution in [0.25, 0.3) is 11.0 Å². The molecule has 0 N–H and O–H groups in total. The molecule has 1 unspecified atom stereocenters. The number of hydrogen-bond donors (Lipinski definition) is 0. The molecule has 0 aliphatic rings. The normalized spacial score (nSPS) is 12.7. The summed E-state index contributed by atoms with van der Waals surface area (Å²) in [6, 6.07) is 10.5. The van der Waals surface area contributed by atoms with Gasteiger partial charge in [-0.1, -0.05) is 25.1 Å². The Kier molecular flexibility index (Phi) is 4.59. The van der Waals surface area contributed by atoms with E-state index in [1.807, 2.05) is 24.5 Å². The summed E-state index contributed by atoms with van der Waals surface area (Å²) < 4.78 is 5.53. The molecule has 0 saturated carbocycles. The van der Waals surface area contributed by atoms with Crippen LogP contribution in [0.15, 0.2) is 34.9 Å². The molecule has 0 radical (unpaired) electrons. The zero-order valence-corrected chi connectivity index (χ0v) is 11.6. The first kappa shape index (κ1) is 13.6. The maximum absolute atomic E-state index is 8.98. The number of rotatable bonds is 6. The molecule has 0 fully saturated rings. The number of benzene rings is 1. The Morgan fingerprint density at radius 3 is 2.89 bits per heavy atom. The summed E-state index contributed by atoms with van der Waals surface area (Å²) in [5.41, 5.74) is 2.19. The first-order valence-corrected chi connectivity index (χ1v) is 6.77. The molecule has 0 spiro atoms. The molecule has 3 heteroatoms. The van der Waals surface area contributed by atoms with E-state index in [1.165, 1.54) is 10.9 Å². The van der Waals surface area contributed by atoms with Gasteiger partial charge < -0.3 is 9.32 Å². The van der Waals surface area contributed by atoms with Crippen LogP contribution >= 0.6 is 0 Å². The highest BCUT2D eigenvalue weighted by Crippen LogP contribution is 2.21. The van der Waals surface area contributed by atoms with Crippen molar-refractivity contribution in [3.8, 4) is 6.07 Å². The largest absolute Gasteiger partial charge is 0.464 e. The summed E-state index contributed by atoms with van der Waals surface area (Å²) >= 11 is 0. The van der Waals surface area contributed by atoms with E-state index in [1.54, 1.807) is 0 Å². The number of likely N-dealkylation sites (N-methyl/N-ethyl adjacent to an activating group) is 1. The topological polar surface area (TPSA) is 40.2 Å². The Bertz CT molecular complexity index is 567.